The summed E-state index contributed by atoms with van der Waals surface area (Å²) < 4.78 is 1.71. The van der Waals surface area contributed by atoms with Gasteiger partial charge < -0.3 is 30.9 Å². The molecule has 0 aromatic carbocycles. The molecule has 4 heterocycles. The number of nitrogens with zero attached hydrogens (tertiary/aromatic N) is 6. The largest absolute Gasteiger partial charge is 0.543 e. The molecule has 2 aliphatic heterocycles. The number of carboxylic acids is 2. The first-order valence-electron chi connectivity index (χ1n) is 11.1. The van der Waals surface area contributed by atoms with E-state index in [-0.39, 0.29) is 29.6 Å². The number of anilines is 1. The second-order valence-electron chi connectivity index (χ2n) is 8.67. The van der Waals surface area contributed by atoms with Crippen LogP contribution in [0.2, 0.25) is 0 Å². The molecule has 0 spiro atoms. The molecule has 2 aliphatic rings. The molecule has 2 aromatic rings. The minimum atomic E-state index is -1.80. The predicted molar refractivity (Wildman–Crippen MR) is 127 cm³/mol. The van der Waals surface area contributed by atoms with Gasteiger partial charge in [0.2, 0.25) is 11.3 Å². The average Bonchev–Trinajstić information content (AvgIpc) is 2.87. The van der Waals surface area contributed by atoms with E-state index < -0.39 is 46.5 Å². The van der Waals surface area contributed by atoms with Gasteiger partial charge in [-0.1, -0.05) is 5.16 Å². The Kier molecular flexibility index (Phi) is 7.25. The molecule has 0 aliphatic carbocycles. The highest BCUT2D eigenvalue weighted by Crippen LogP contribution is 2.40. The van der Waals surface area contributed by atoms with Gasteiger partial charge in [0, 0.05) is 17.5 Å². The fourth-order valence-corrected chi connectivity index (χ4v) is 4.88. The van der Waals surface area contributed by atoms with Crippen molar-refractivity contribution < 1.29 is 38.8 Å². The summed E-state index contributed by atoms with van der Waals surface area (Å²) in [5, 5.41) is 26.7. The van der Waals surface area contributed by atoms with Crippen molar-refractivity contribution in [3.8, 4) is 0 Å². The SMILES string of the molecule is CC(C)(ON=C(C(=O)NC1C(=O)N2C(C(=O)[O-])=C(C[n+]3ccncc3)CS[C@@H]12)c1nccc(N)n1)C(=O)O. The number of hydrogen-bond acceptors (Lipinski definition) is 12. The lowest BCUT2D eigenvalue weighted by Gasteiger charge is -2.50. The monoisotopic (exact) mass is 542 g/mol. The smallest absolute Gasteiger partial charge is 0.350 e. The van der Waals surface area contributed by atoms with E-state index in [0.717, 1.165) is 4.90 Å². The van der Waals surface area contributed by atoms with E-state index in [1.165, 1.54) is 37.9 Å². The minimum Gasteiger partial charge on any atom is -0.543 e. The van der Waals surface area contributed by atoms with Crippen LogP contribution >= 0.6 is 11.8 Å². The number of aliphatic carboxylic acids is 2. The second-order valence-corrected chi connectivity index (χ2v) is 9.77. The summed E-state index contributed by atoms with van der Waals surface area (Å²) in [6.07, 6.45) is 7.66. The number of amides is 2. The highest BCUT2D eigenvalue weighted by molar-refractivity contribution is 8.00. The maximum atomic E-state index is 13.2. The van der Waals surface area contributed by atoms with Crippen molar-refractivity contribution in [3.63, 3.8) is 0 Å². The van der Waals surface area contributed by atoms with E-state index in [4.69, 9.17) is 10.6 Å². The molecule has 0 bridgehead atoms. The van der Waals surface area contributed by atoms with Crippen molar-refractivity contribution in [2.24, 2.45) is 5.16 Å². The van der Waals surface area contributed by atoms with Crippen molar-refractivity contribution in [3.05, 3.63) is 54.1 Å². The van der Waals surface area contributed by atoms with Gasteiger partial charge in [-0.05, 0) is 19.9 Å². The zero-order valence-corrected chi connectivity index (χ0v) is 20.9. The number of hydrogen-bond donors (Lipinski definition) is 3. The van der Waals surface area contributed by atoms with Gasteiger partial charge in [0.1, 0.15) is 17.2 Å². The molecule has 0 radical (unpaired) electrons. The fraction of sp³-hybridized carbons (Fsp3) is 0.318. The number of fused-ring (bicyclic) bond motifs is 1. The van der Waals surface area contributed by atoms with Crippen LogP contribution in [0.15, 0.2) is 53.5 Å². The lowest BCUT2D eigenvalue weighted by Crippen LogP contribution is -2.71. The van der Waals surface area contributed by atoms with Gasteiger partial charge in [0.15, 0.2) is 24.8 Å². The molecule has 1 unspecified atom stereocenters. The highest BCUT2D eigenvalue weighted by Gasteiger charge is 2.53. The Balaban J connectivity index is 1.57. The number of carbonyl (C=O) groups excluding carboxylic acids is 3. The summed E-state index contributed by atoms with van der Waals surface area (Å²) in [6.45, 7) is 2.64. The molecule has 2 amide bonds. The van der Waals surface area contributed by atoms with Crippen molar-refractivity contribution >= 4 is 47.0 Å². The first-order valence-corrected chi connectivity index (χ1v) is 12.1. The maximum absolute atomic E-state index is 13.2. The van der Waals surface area contributed by atoms with Gasteiger partial charge in [-0.3, -0.25) is 19.5 Å². The Morgan fingerprint density at radius 2 is 2.05 bits per heavy atom. The van der Waals surface area contributed by atoms with E-state index in [9.17, 15) is 29.4 Å². The molecule has 2 atom stereocenters. The number of rotatable bonds is 9. The fourth-order valence-electron chi connectivity index (χ4n) is 3.55. The third-order valence-corrected chi connectivity index (χ3v) is 6.91. The number of nitrogen functional groups attached to an aromatic ring is 1. The van der Waals surface area contributed by atoms with Gasteiger partial charge >= 0.3 is 5.97 Å². The number of aromatic nitrogens is 4. The van der Waals surface area contributed by atoms with E-state index in [2.05, 4.69) is 25.4 Å². The first kappa shape index (κ1) is 26.5. The molecular formula is C22H22N8O7S. The van der Waals surface area contributed by atoms with E-state index >= 15 is 0 Å². The van der Waals surface area contributed by atoms with E-state index in [1.807, 2.05) is 0 Å². The second kappa shape index (κ2) is 10.4. The van der Waals surface area contributed by atoms with Crippen LogP contribution in [0.1, 0.15) is 19.7 Å². The standard InChI is InChI=1S/C22H22N8O7S/c1-22(2,21(35)36)37-28-13(16-25-4-3-12(23)26-16)17(31)27-14-18(32)30-15(20(33)34)11(10-38-19(14)30)9-29-7-5-24-6-8-29/h3-8,14,19H,9-10H2,1-2H3,(H4-,23,25,26,27,31,33,34,35,36)/t14?,19-/m0/s1. The van der Waals surface area contributed by atoms with Crippen LogP contribution in [0.3, 0.4) is 0 Å². The summed E-state index contributed by atoms with van der Waals surface area (Å²) in [5.74, 6) is -4.49. The first-order chi connectivity index (χ1) is 18.0. The van der Waals surface area contributed by atoms with Crippen LogP contribution in [0.4, 0.5) is 5.82 Å². The minimum absolute atomic E-state index is 0.00469. The third kappa shape index (κ3) is 5.24. The Bertz CT molecular complexity index is 1360. The predicted octanol–water partition coefficient (Wildman–Crippen LogP) is -2.57. The normalized spacial score (nSPS) is 19.4. The van der Waals surface area contributed by atoms with Gasteiger partial charge in [0.25, 0.3) is 11.8 Å². The molecule has 38 heavy (non-hydrogen) atoms. The van der Waals surface area contributed by atoms with E-state index in [0.29, 0.717) is 5.57 Å². The molecule has 1 saturated heterocycles. The van der Waals surface area contributed by atoms with Crippen molar-refractivity contribution in [2.75, 3.05) is 11.5 Å². The van der Waals surface area contributed by atoms with Crippen molar-refractivity contribution in [1.82, 2.24) is 25.2 Å². The lowest BCUT2D eigenvalue weighted by atomic mass is 10.0. The number of nitrogens with one attached hydrogen (secondary N) is 1. The summed E-state index contributed by atoms with van der Waals surface area (Å²) in [7, 11) is 0. The van der Waals surface area contributed by atoms with Crippen LogP contribution in [-0.2, 0) is 30.6 Å². The number of β-lactam (4-membered cyclic amide) rings is 1. The molecule has 4 N–H and O–H groups in total. The Morgan fingerprint density at radius 1 is 1.34 bits per heavy atom. The van der Waals surface area contributed by atoms with Crippen LogP contribution in [-0.4, -0.2) is 77.2 Å². The zero-order chi connectivity index (χ0) is 27.6. The molecule has 16 heteroatoms. The van der Waals surface area contributed by atoms with Gasteiger partial charge in [-0.2, -0.15) is 4.57 Å². The zero-order valence-electron chi connectivity index (χ0n) is 20.1. The number of oxime groups is 1. The van der Waals surface area contributed by atoms with Crippen molar-refractivity contribution in [2.45, 2.75) is 37.4 Å². The molecule has 0 saturated carbocycles. The van der Waals surface area contributed by atoms with Crippen LogP contribution < -0.4 is 20.7 Å². The summed E-state index contributed by atoms with van der Waals surface area (Å²) in [4.78, 5) is 67.5. The lowest BCUT2D eigenvalue weighted by molar-refractivity contribution is -0.689. The molecular weight excluding hydrogens is 520 g/mol. The van der Waals surface area contributed by atoms with E-state index in [1.54, 1.807) is 29.4 Å². The topological polar surface area (TPSA) is 217 Å². The summed E-state index contributed by atoms with van der Waals surface area (Å²) in [6, 6.07) is 0.249. The summed E-state index contributed by atoms with van der Waals surface area (Å²) >= 11 is 1.26. The third-order valence-electron chi connectivity index (χ3n) is 5.57. The van der Waals surface area contributed by atoms with Gasteiger partial charge in [-0.15, -0.1) is 11.8 Å². The maximum Gasteiger partial charge on any atom is 0.350 e. The highest BCUT2D eigenvalue weighted by atomic mass is 32.2. The molecule has 4 rings (SSSR count). The number of thioether (sulfide) groups is 1. The van der Waals surface area contributed by atoms with Crippen LogP contribution in [0.5, 0.6) is 0 Å². The van der Waals surface area contributed by atoms with Gasteiger partial charge in [0.05, 0.1) is 24.1 Å². The molecule has 15 nitrogen and oxygen atoms in total. The molecule has 198 valence electrons. The quantitative estimate of drug-likeness (QED) is 0.129. The molecule has 1 fully saturated rings. The Hall–Kier alpha value is -4.60. The Morgan fingerprint density at radius 3 is 2.68 bits per heavy atom. The molecule has 2 aromatic heterocycles. The van der Waals surface area contributed by atoms with Crippen LogP contribution in [0, 0.1) is 0 Å². The number of carbonyl (C=O) groups is 4. The van der Waals surface area contributed by atoms with Gasteiger partial charge in [-0.25, -0.2) is 14.8 Å². The van der Waals surface area contributed by atoms with Crippen molar-refractivity contribution in [1.29, 1.82) is 0 Å². The number of nitrogens with two attached hydrogens (primary N) is 1. The number of carboxylic acid groups (broad SMARTS) is 2. The Labute approximate surface area is 219 Å². The van der Waals surface area contributed by atoms with Crippen LogP contribution in [0.25, 0.3) is 0 Å². The average molecular weight is 543 g/mol. The summed E-state index contributed by atoms with van der Waals surface area (Å²) in [5.41, 5.74) is 3.56.